The molecule has 0 bridgehead atoms. The first-order valence-corrected chi connectivity index (χ1v) is 5.96. The summed E-state index contributed by atoms with van der Waals surface area (Å²) in [6.07, 6.45) is 1.70. The second-order valence-corrected chi connectivity index (χ2v) is 4.22. The summed E-state index contributed by atoms with van der Waals surface area (Å²) < 4.78 is 1.65. The average Bonchev–Trinajstić information content (AvgIpc) is 2.41. The highest BCUT2D eigenvalue weighted by Gasteiger charge is 2.05. The molecule has 0 aliphatic heterocycles. The van der Waals surface area contributed by atoms with Crippen molar-refractivity contribution in [2.24, 2.45) is 0 Å². The molecule has 1 unspecified atom stereocenters. The number of hydrogen-bond donors (Lipinski definition) is 2. The molecule has 5 heteroatoms. The molecule has 0 spiro atoms. The van der Waals surface area contributed by atoms with Crippen molar-refractivity contribution >= 4 is 11.0 Å². The highest BCUT2D eigenvalue weighted by Crippen LogP contribution is 2.09. The Balaban J connectivity index is 2.21. The van der Waals surface area contributed by atoms with Gasteiger partial charge < -0.3 is 14.8 Å². The molecule has 1 atom stereocenters. The van der Waals surface area contributed by atoms with Gasteiger partial charge in [0.25, 0.3) is 5.56 Å². The molecule has 0 aliphatic carbocycles. The van der Waals surface area contributed by atoms with Crippen molar-refractivity contribution in [1.29, 1.82) is 0 Å². The quantitative estimate of drug-likeness (QED) is 0.809. The van der Waals surface area contributed by atoms with E-state index in [9.17, 15) is 9.90 Å². The average molecular weight is 248 g/mol. The van der Waals surface area contributed by atoms with E-state index in [1.807, 2.05) is 24.3 Å². The third-order valence-corrected chi connectivity index (χ3v) is 2.88. The largest absolute Gasteiger partial charge is 0.394 e. The van der Waals surface area contributed by atoms with Gasteiger partial charge in [-0.2, -0.15) is 0 Å². The summed E-state index contributed by atoms with van der Waals surface area (Å²) in [5, 5.41) is 18.0. The number of hydrogen-bond acceptors (Lipinski definition) is 4. The number of aliphatic hydroxyl groups is 2. The zero-order valence-corrected chi connectivity index (χ0v) is 9.99. The van der Waals surface area contributed by atoms with E-state index < -0.39 is 6.10 Å². The number of aromatic nitrogens is 2. The Morgan fingerprint density at radius 2 is 2.11 bits per heavy atom. The fourth-order valence-corrected chi connectivity index (χ4v) is 1.92. The highest BCUT2D eigenvalue weighted by molar-refractivity contribution is 5.74. The van der Waals surface area contributed by atoms with Gasteiger partial charge in [-0.25, -0.2) is 4.98 Å². The summed E-state index contributed by atoms with van der Waals surface area (Å²) in [5.41, 5.74) is 1.43. The summed E-state index contributed by atoms with van der Waals surface area (Å²) in [5.74, 6) is 0. The minimum atomic E-state index is -0.714. The molecule has 1 heterocycles. The SMILES string of the molecule is O=c1cnc2ccccc2n1CCCC(O)CO. The smallest absolute Gasteiger partial charge is 0.269 e. The van der Waals surface area contributed by atoms with Crippen LogP contribution in [0.4, 0.5) is 0 Å². The lowest BCUT2D eigenvalue weighted by molar-refractivity contribution is 0.0856. The molecular weight excluding hydrogens is 232 g/mol. The predicted molar refractivity (Wildman–Crippen MR) is 68.3 cm³/mol. The first-order valence-electron chi connectivity index (χ1n) is 5.96. The standard InChI is InChI=1S/C13H16N2O3/c16-9-10(17)4-3-7-15-12-6-2-1-5-11(12)14-8-13(15)18/h1-2,5-6,8,10,16-17H,3-4,7,9H2. The fraction of sp³-hybridized carbons (Fsp3) is 0.385. The maximum atomic E-state index is 11.8. The Morgan fingerprint density at radius 3 is 2.89 bits per heavy atom. The first-order chi connectivity index (χ1) is 8.72. The lowest BCUT2D eigenvalue weighted by Gasteiger charge is -2.10. The van der Waals surface area contributed by atoms with Gasteiger partial charge in [0.2, 0.25) is 0 Å². The van der Waals surface area contributed by atoms with Crippen LogP contribution in [-0.2, 0) is 6.54 Å². The van der Waals surface area contributed by atoms with Crippen LogP contribution in [-0.4, -0.2) is 32.5 Å². The van der Waals surface area contributed by atoms with Crippen molar-refractivity contribution in [3.05, 3.63) is 40.8 Å². The zero-order valence-electron chi connectivity index (χ0n) is 9.99. The van der Waals surface area contributed by atoms with Gasteiger partial charge in [0.15, 0.2) is 0 Å². The Morgan fingerprint density at radius 1 is 1.33 bits per heavy atom. The summed E-state index contributed by atoms with van der Waals surface area (Å²) >= 11 is 0. The maximum absolute atomic E-state index is 11.8. The van der Waals surface area contributed by atoms with Crippen LogP contribution in [0.1, 0.15) is 12.8 Å². The van der Waals surface area contributed by atoms with E-state index in [1.54, 1.807) is 4.57 Å². The van der Waals surface area contributed by atoms with Crippen LogP contribution in [0.3, 0.4) is 0 Å². The predicted octanol–water partition coefficient (Wildman–Crippen LogP) is 0.530. The number of fused-ring (bicyclic) bond motifs is 1. The van der Waals surface area contributed by atoms with Gasteiger partial charge in [0.1, 0.15) is 0 Å². The van der Waals surface area contributed by atoms with Crippen LogP contribution >= 0.6 is 0 Å². The van der Waals surface area contributed by atoms with Crippen molar-refractivity contribution in [2.75, 3.05) is 6.61 Å². The third kappa shape index (κ3) is 2.75. The molecular formula is C13H16N2O3. The van der Waals surface area contributed by atoms with E-state index in [0.717, 1.165) is 11.0 Å². The molecule has 0 aliphatic rings. The number of rotatable bonds is 5. The van der Waals surface area contributed by atoms with E-state index in [1.165, 1.54) is 6.20 Å². The van der Waals surface area contributed by atoms with Crippen LogP contribution < -0.4 is 5.56 Å². The third-order valence-electron chi connectivity index (χ3n) is 2.88. The normalized spacial score (nSPS) is 12.8. The monoisotopic (exact) mass is 248 g/mol. The van der Waals surface area contributed by atoms with E-state index >= 15 is 0 Å². The minimum Gasteiger partial charge on any atom is -0.394 e. The van der Waals surface area contributed by atoms with Crippen molar-refractivity contribution in [3.8, 4) is 0 Å². The van der Waals surface area contributed by atoms with Gasteiger partial charge >= 0.3 is 0 Å². The molecule has 96 valence electrons. The molecule has 5 nitrogen and oxygen atoms in total. The molecule has 18 heavy (non-hydrogen) atoms. The van der Waals surface area contributed by atoms with Crippen molar-refractivity contribution < 1.29 is 10.2 Å². The van der Waals surface area contributed by atoms with Gasteiger partial charge in [-0.15, -0.1) is 0 Å². The Kier molecular flexibility index (Phi) is 4.07. The van der Waals surface area contributed by atoms with Gasteiger partial charge in [-0.3, -0.25) is 4.79 Å². The van der Waals surface area contributed by atoms with Gasteiger partial charge in [-0.05, 0) is 25.0 Å². The molecule has 0 amide bonds. The number of para-hydroxylation sites is 2. The summed E-state index contributed by atoms with van der Waals surface area (Å²) in [6.45, 7) is 0.269. The zero-order chi connectivity index (χ0) is 13.0. The minimum absolute atomic E-state index is 0.146. The molecule has 0 radical (unpaired) electrons. The van der Waals surface area contributed by atoms with E-state index in [4.69, 9.17) is 5.11 Å². The molecule has 2 rings (SSSR count). The van der Waals surface area contributed by atoms with Crippen LogP contribution in [0.5, 0.6) is 0 Å². The molecule has 0 fully saturated rings. The van der Waals surface area contributed by atoms with Gasteiger partial charge in [0, 0.05) is 6.54 Å². The Hall–Kier alpha value is -1.72. The highest BCUT2D eigenvalue weighted by atomic mass is 16.3. The first kappa shape index (κ1) is 12.7. The maximum Gasteiger partial charge on any atom is 0.269 e. The number of benzene rings is 1. The fourth-order valence-electron chi connectivity index (χ4n) is 1.92. The lowest BCUT2D eigenvalue weighted by Crippen LogP contribution is -2.21. The second kappa shape index (κ2) is 5.75. The lowest BCUT2D eigenvalue weighted by atomic mass is 10.2. The summed E-state index contributed by atoms with van der Waals surface area (Å²) in [4.78, 5) is 15.8. The van der Waals surface area contributed by atoms with E-state index in [0.29, 0.717) is 19.4 Å². The van der Waals surface area contributed by atoms with Gasteiger partial charge in [-0.1, -0.05) is 12.1 Å². The van der Waals surface area contributed by atoms with E-state index in [2.05, 4.69) is 4.98 Å². The molecule has 2 N–H and O–H groups in total. The van der Waals surface area contributed by atoms with Crippen LogP contribution in [0, 0.1) is 0 Å². The van der Waals surface area contributed by atoms with E-state index in [-0.39, 0.29) is 12.2 Å². The topological polar surface area (TPSA) is 75.4 Å². The Bertz CT molecular complexity index is 580. The van der Waals surface area contributed by atoms with Crippen LogP contribution in [0.15, 0.2) is 35.3 Å². The number of aryl methyl sites for hydroxylation is 1. The molecule has 2 aromatic rings. The second-order valence-electron chi connectivity index (χ2n) is 4.22. The number of nitrogens with zero attached hydrogens (tertiary/aromatic N) is 2. The summed E-state index contributed by atoms with van der Waals surface area (Å²) in [7, 11) is 0. The molecule has 0 saturated heterocycles. The van der Waals surface area contributed by atoms with Crippen molar-refractivity contribution in [3.63, 3.8) is 0 Å². The van der Waals surface area contributed by atoms with Crippen LogP contribution in [0.25, 0.3) is 11.0 Å². The van der Waals surface area contributed by atoms with Crippen molar-refractivity contribution in [1.82, 2.24) is 9.55 Å². The van der Waals surface area contributed by atoms with Crippen molar-refractivity contribution in [2.45, 2.75) is 25.5 Å². The molecule has 1 aromatic heterocycles. The molecule has 0 saturated carbocycles. The van der Waals surface area contributed by atoms with Gasteiger partial charge in [0.05, 0.1) is 29.9 Å². The summed E-state index contributed by atoms with van der Waals surface area (Å²) in [6, 6.07) is 7.45. The van der Waals surface area contributed by atoms with Crippen LogP contribution in [0.2, 0.25) is 0 Å². The molecule has 1 aromatic carbocycles. The number of aliphatic hydroxyl groups excluding tert-OH is 2. The Labute approximate surface area is 104 Å².